The van der Waals surface area contributed by atoms with Gasteiger partial charge in [0, 0.05) is 6.07 Å². The fourth-order valence-corrected chi connectivity index (χ4v) is 1.60. The molecule has 0 saturated heterocycles. The van der Waals surface area contributed by atoms with Crippen molar-refractivity contribution in [2.75, 3.05) is 6.61 Å². The largest absolute Gasteiger partial charge is 0.494 e. The van der Waals surface area contributed by atoms with E-state index in [1.807, 2.05) is 13.0 Å². The van der Waals surface area contributed by atoms with Crippen LogP contribution in [-0.4, -0.2) is 21.6 Å². The van der Waals surface area contributed by atoms with Crippen molar-refractivity contribution in [1.29, 1.82) is 0 Å². The lowest BCUT2D eigenvalue weighted by atomic mass is 10.3. The first kappa shape index (κ1) is 12.9. The number of hydrogen-bond donors (Lipinski definition) is 0. The van der Waals surface area contributed by atoms with Gasteiger partial charge in [-0.2, -0.15) is 15.0 Å². The number of hydrogen-bond acceptors (Lipinski definition) is 5. The van der Waals surface area contributed by atoms with E-state index in [1.54, 1.807) is 18.2 Å². The van der Waals surface area contributed by atoms with Crippen molar-refractivity contribution in [2.24, 2.45) is 0 Å². The van der Waals surface area contributed by atoms with E-state index in [0.29, 0.717) is 18.1 Å². The number of nitrogens with zero attached hydrogens (tertiary/aromatic N) is 3. The SMILES string of the molecule is CCOc1cccc(Oc2nc(Cl)nc(Cl)n2)c1. The third-order valence-corrected chi connectivity index (χ3v) is 2.22. The Balaban J connectivity index is 2.20. The lowest BCUT2D eigenvalue weighted by Gasteiger charge is -2.06. The van der Waals surface area contributed by atoms with Gasteiger partial charge in [-0.05, 0) is 42.3 Å². The Kier molecular flexibility index (Phi) is 4.17. The van der Waals surface area contributed by atoms with Gasteiger partial charge >= 0.3 is 6.01 Å². The summed E-state index contributed by atoms with van der Waals surface area (Å²) in [7, 11) is 0. The van der Waals surface area contributed by atoms with Crippen LogP contribution in [0.5, 0.6) is 17.5 Å². The molecule has 2 rings (SSSR count). The zero-order chi connectivity index (χ0) is 13.0. The van der Waals surface area contributed by atoms with Crippen LogP contribution in [0.4, 0.5) is 0 Å². The van der Waals surface area contributed by atoms with Crippen molar-refractivity contribution in [1.82, 2.24) is 15.0 Å². The molecule has 5 nitrogen and oxygen atoms in total. The van der Waals surface area contributed by atoms with Gasteiger partial charge in [0.05, 0.1) is 6.61 Å². The Morgan fingerprint density at radius 1 is 1.06 bits per heavy atom. The second-order valence-electron chi connectivity index (χ2n) is 3.17. The molecule has 18 heavy (non-hydrogen) atoms. The topological polar surface area (TPSA) is 57.1 Å². The van der Waals surface area contributed by atoms with Crippen molar-refractivity contribution >= 4 is 23.2 Å². The van der Waals surface area contributed by atoms with Gasteiger partial charge in [0.2, 0.25) is 10.6 Å². The van der Waals surface area contributed by atoms with E-state index < -0.39 is 0 Å². The molecule has 1 heterocycles. The average molecular weight is 286 g/mol. The molecular weight excluding hydrogens is 277 g/mol. The second kappa shape index (κ2) is 5.84. The predicted molar refractivity (Wildman–Crippen MR) is 67.5 cm³/mol. The lowest BCUT2D eigenvalue weighted by Crippen LogP contribution is -1.96. The smallest absolute Gasteiger partial charge is 0.327 e. The minimum Gasteiger partial charge on any atom is -0.494 e. The quantitative estimate of drug-likeness (QED) is 0.862. The van der Waals surface area contributed by atoms with Gasteiger partial charge in [0.15, 0.2) is 0 Å². The molecule has 0 fully saturated rings. The molecule has 0 bridgehead atoms. The van der Waals surface area contributed by atoms with Crippen LogP contribution in [-0.2, 0) is 0 Å². The summed E-state index contributed by atoms with van der Waals surface area (Å²) in [6.07, 6.45) is 0. The first-order valence-corrected chi connectivity index (χ1v) is 5.91. The van der Waals surface area contributed by atoms with E-state index in [2.05, 4.69) is 15.0 Å². The zero-order valence-electron chi connectivity index (χ0n) is 9.43. The van der Waals surface area contributed by atoms with E-state index in [0.717, 1.165) is 0 Å². The zero-order valence-corrected chi connectivity index (χ0v) is 10.9. The number of halogens is 2. The summed E-state index contributed by atoms with van der Waals surface area (Å²) < 4.78 is 10.8. The molecular formula is C11H9Cl2N3O2. The van der Waals surface area contributed by atoms with Crippen LogP contribution in [0.2, 0.25) is 10.6 Å². The van der Waals surface area contributed by atoms with Crippen LogP contribution in [0.25, 0.3) is 0 Å². The molecule has 0 spiro atoms. The fourth-order valence-electron chi connectivity index (χ4n) is 1.25. The Labute approximate surface area is 114 Å². The van der Waals surface area contributed by atoms with E-state index in [4.69, 9.17) is 32.7 Å². The highest BCUT2D eigenvalue weighted by Crippen LogP contribution is 2.24. The van der Waals surface area contributed by atoms with Crippen LogP contribution in [0.15, 0.2) is 24.3 Å². The van der Waals surface area contributed by atoms with E-state index >= 15 is 0 Å². The van der Waals surface area contributed by atoms with Crippen molar-refractivity contribution in [2.45, 2.75) is 6.92 Å². The normalized spacial score (nSPS) is 10.2. The van der Waals surface area contributed by atoms with Crippen LogP contribution < -0.4 is 9.47 Å². The van der Waals surface area contributed by atoms with Crippen LogP contribution in [0, 0.1) is 0 Å². The first-order valence-electron chi connectivity index (χ1n) is 5.15. The molecule has 7 heteroatoms. The molecule has 1 aromatic carbocycles. The number of ether oxygens (including phenoxy) is 2. The molecule has 1 aromatic heterocycles. The van der Waals surface area contributed by atoms with Crippen molar-refractivity contribution in [3.05, 3.63) is 34.8 Å². The lowest BCUT2D eigenvalue weighted by molar-refractivity contribution is 0.337. The summed E-state index contributed by atoms with van der Waals surface area (Å²) in [5, 5.41) is -0.0445. The Hall–Kier alpha value is -1.59. The standard InChI is InChI=1S/C11H9Cl2N3O2/c1-2-17-7-4-3-5-8(6-7)18-11-15-9(12)14-10(13)16-11/h3-6H,2H2,1H3. The molecule has 0 atom stereocenters. The van der Waals surface area contributed by atoms with Gasteiger partial charge in [-0.15, -0.1) is 0 Å². The second-order valence-corrected chi connectivity index (χ2v) is 3.84. The van der Waals surface area contributed by atoms with Crippen LogP contribution in [0.3, 0.4) is 0 Å². The minimum atomic E-state index is -0.0223. The molecule has 0 aliphatic carbocycles. The van der Waals surface area contributed by atoms with Gasteiger partial charge in [0.25, 0.3) is 0 Å². The van der Waals surface area contributed by atoms with Crippen molar-refractivity contribution < 1.29 is 9.47 Å². The highest BCUT2D eigenvalue weighted by atomic mass is 35.5. The molecule has 0 radical (unpaired) electrons. The highest BCUT2D eigenvalue weighted by Gasteiger charge is 2.06. The van der Waals surface area contributed by atoms with Gasteiger partial charge in [0.1, 0.15) is 11.5 Å². The Morgan fingerprint density at radius 2 is 1.72 bits per heavy atom. The maximum absolute atomic E-state index is 5.65. The summed E-state index contributed by atoms with van der Waals surface area (Å²) in [6, 6.07) is 7.12. The molecule has 0 N–H and O–H groups in total. The third-order valence-electron chi connectivity index (χ3n) is 1.89. The fraction of sp³-hybridized carbons (Fsp3) is 0.182. The first-order chi connectivity index (χ1) is 8.67. The average Bonchev–Trinajstić information content (AvgIpc) is 2.28. The Bertz CT molecular complexity index is 531. The number of benzene rings is 1. The molecule has 0 aliphatic heterocycles. The summed E-state index contributed by atoms with van der Waals surface area (Å²) in [5.74, 6) is 1.22. The van der Waals surface area contributed by atoms with Crippen LogP contribution >= 0.6 is 23.2 Å². The molecule has 0 unspecified atom stereocenters. The van der Waals surface area contributed by atoms with Gasteiger partial charge in [-0.3, -0.25) is 0 Å². The molecule has 94 valence electrons. The van der Waals surface area contributed by atoms with Gasteiger partial charge in [-0.1, -0.05) is 6.07 Å². The van der Waals surface area contributed by atoms with Crippen molar-refractivity contribution in [3.63, 3.8) is 0 Å². The predicted octanol–water partition coefficient (Wildman–Crippen LogP) is 3.37. The van der Waals surface area contributed by atoms with Gasteiger partial charge in [-0.25, -0.2) is 0 Å². The number of aromatic nitrogens is 3. The molecule has 0 aliphatic rings. The van der Waals surface area contributed by atoms with E-state index in [1.165, 1.54) is 0 Å². The monoisotopic (exact) mass is 285 g/mol. The molecule has 2 aromatic rings. The summed E-state index contributed by atoms with van der Waals surface area (Å²) in [6.45, 7) is 2.48. The Morgan fingerprint density at radius 3 is 2.39 bits per heavy atom. The van der Waals surface area contributed by atoms with Crippen LogP contribution in [0.1, 0.15) is 6.92 Å². The maximum atomic E-state index is 5.65. The number of rotatable bonds is 4. The van der Waals surface area contributed by atoms with Crippen molar-refractivity contribution in [3.8, 4) is 17.5 Å². The maximum Gasteiger partial charge on any atom is 0.327 e. The third kappa shape index (κ3) is 3.45. The van der Waals surface area contributed by atoms with E-state index in [-0.39, 0.29) is 16.6 Å². The van der Waals surface area contributed by atoms with Gasteiger partial charge < -0.3 is 9.47 Å². The highest BCUT2D eigenvalue weighted by molar-refractivity contribution is 6.31. The summed E-state index contributed by atoms with van der Waals surface area (Å²) in [4.78, 5) is 11.2. The summed E-state index contributed by atoms with van der Waals surface area (Å²) in [5.41, 5.74) is 0. The summed E-state index contributed by atoms with van der Waals surface area (Å²) >= 11 is 11.3. The molecule has 0 amide bonds. The minimum absolute atomic E-state index is 0.0223. The van der Waals surface area contributed by atoms with E-state index in [9.17, 15) is 0 Å². The molecule has 0 saturated carbocycles.